The minimum absolute atomic E-state index is 0.0206. The quantitative estimate of drug-likeness (QED) is 0.713. The molecular formula is C12H12ClFO. The Labute approximate surface area is 93.2 Å². The second-order valence-corrected chi connectivity index (χ2v) is 4.41. The molecular weight excluding hydrogens is 215 g/mol. The molecule has 1 aromatic carbocycles. The van der Waals surface area contributed by atoms with Gasteiger partial charge in [0.05, 0.1) is 10.6 Å². The molecule has 2 rings (SSSR count). The number of benzene rings is 1. The molecule has 0 N–H and O–H groups in total. The van der Waals surface area contributed by atoms with Crippen LogP contribution in [0.15, 0.2) is 18.2 Å². The lowest BCUT2D eigenvalue weighted by Crippen LogP contribution is -2.03. The summed E-state index contributed by atoms with van der Waals surface area (Å²) in [5, 5.41) is 0.0206. The molecule has 0 spiro atoms. The Bertz CT molecular complexity index is 385. The van der Waals surface area contributed by atoms with E-state index in [1.807, 2.05) is 0 Å². The van der Waals surface area contributed by atoms with Crippen LogP contribution in [0.1, 0.15) is 36.0 Å². The summed E-state index contributed by atoms with van der Waals surface area (Å²) in [4.78, 5) is 11.7. The lowest BCUT2D eigenvalue weighted by atomic mass is 10.0. The highest BCUT2D eigenvalue weighted by Crippen LogP contribution is 2.34. The maximum Gasteiger partial charge on any atom is 0.165 e. The van der Waals surface area contributed by atoms with Crippen LogP contribution in [0, 0.1) is 11.7 Å². The molecule has 1 nitrogen and oxygen atoms in total. The highest BCUT2D eigenvalue weighted by Gasteiger charge is 2.23. The molecule has 0 amide bonds. The molecule has 15 heavy (non-hydrogen) atoms. The number of hydrogen-bond donors (Lipinski definition) is 0. The average molecular weight is 227 g/mol. The molecule has 0 aromatic heterocycles. The smallest absolute Gasteiger partial charge is 0.165 e. The van der Waals surface area contributed by atoms with Gasteiger partial charge in [0.15, 0.2) is 11.6 Å². The van der Waals surface area contributed by atoms with Gasteiger partial charge >= 0.3 is 0 Å². The van der Waals surface area contributed by atoms with Crippen LogP contribution in [0.25, 0.3) is 0 Å². The molecule has 3 heteroatoms. The minimum Gasteiger partial charge on any atom is -0.294 e. The molecule has 0 unspecified atom stereocenters. The van der Waals surface area contributed by atoms with Crippen LogP contribution in [0.3, 0.4) is 0 Å². The van der Waals surface area contributed by atoms with Gasteiger partial charge in [0.2, 0.25) is 0 Å². The molecule has 0 bridgehead atoms. The van der Waals surface area contributed by atoms with E-state index >= 15 is 0 Å². The zero-order valence-electron chi connectivity index (χ0n) is 8.30. The van der Waals surface area contributed by atoms with Gasteiger partial charge in [-0.25, -0.2) is 4.39 Å². The summed E-state index contributed by atoms with van der Waals surface area (Å²) in [6, 6.07) is 4.56. The monoisotopic (exact) mass is 226 g/mol. The third-order valence-corrected chi connectivity index (χ3v) is 3.02. The second-order valence-electron chi connectivity index (χ2n) is 4.01. The molecule has 0 heterocycles. The van der Waals surface area contributed by atoms with Gasteiger partial charge in [-0.2, -0.15) is 0 Å². The van der Waals surface area contributed by atoms with Crippen molar-refractivity contribution in [1.82, 2.24) is 0 Å². The average Bonchev–Trinajstić information content (AvgIpc) is 3.02. The van der Waals surface area contributed by atoms with E-state index in [1.54, 1.807) is 6.07 Å². The molecule has 0 aliphatic heterocycles. The van der Waals surface area contributed by atoms with Gasteiger partial charge in [0.25, 0.3) is 0 Å². The van der Waals surface area contributed by atoms with Crippen molar-refractivity contribution in [3.8, 4) is 0 Å². The van der Waals surface area contributed by atoms with Gasteiger partial charge in [0.1, 0.15) is 0 Å². The van der Waals surface area contributed by atoms with Crippen molar-refractivity contribution in [3.63, 3.8) is 0 Å². The summed E-state index contributed by atoms with van der Waals surface area (Å²) >= 11 is 5.61. The molecule has 1 aliphatic carbocycles. The Morgan fingerprint density at radius 3 is 2.87 bits per heavy atom. The van der Waals surface area contributed by atoms with E-state index in [4.69, 9.17) is 11.6 Å². The normalized spacial score (nSPS) is 15.3. The van der Waals surface area contributed by atoms with Crippen molar-refractivity contribution >= 4 is 17.4 Å². The summed E-state index contributed by atoms with van der Waals surface area (Å²) in [5.41, 5.74) is 0.128. The number of hydrogen-bond acceptors (Lipinski definition) is 1. The highest BCUT2D eigenvalue weighted by molar-refractivity contribution is 6.31. The summed E-state index contributed by atoms with van der Waals surface area (Å²) in [7, 11) is 0. The number of carbonyl (C=O) groups is 1. The standard InChI is InChI=1S/C12H12ClFO/c13-10-3-1-2-9(12(10)14)11(15)7-6-8-4-5-8/h1-3,8H,4-7H2. The Hall–Kier alpha value is -0.890. The molecule has 0 atom stereocenters. The molecule has 1 saturated carbocycles. The van der Waals surface area contributed by atoms with Gasteiger partial charge in [-0.3, -0.25) is 4.79 Å². The van der Waals surface area contributed by atoms with E-state index < -0.39 is 5.82 Å². The van der Waals surface area contributed by atoms with Crippen LogP contribution in [-0.2, 0) is 0 Å². The van der Waals surface area contributed by atoms with Gasteiger partial charge in [0, 0.05) is 6.42 Å². The molecule has 1 fully saturated rings. The molecule has 1 aliphatic rings. The van der Waals surface area contributed by atoms with Crippen LogP contribution in [0.5, 0.6) is 0 Å². The number of ketones is 1. The van der Waals surface area contributed by atoms with Crippen molar-refractivity contribution in [2.75, 3.05) is 0 Å². The van der Waals surface area contributed by atoms with Crippen LogP contribution in [0.4, 0.5) is 4.39 Å². The number of halogens is 2. The topological polar surface area (TPSA) is 17.1 Å². The van der Waals surface area contributed by atoms with Crippen molar-refractivity contribution in [2.24, 2.45) is 5.92 Å². The fourth-order valence-corrected chi connectivity index (χ4v) is 1.77. The fraction of sp³-hybridized carbons (Fsp3) is 0.417. The number of rotatable bonds is 4. The van der Waals surface area contributed by atoms with E-state index in [1.165, 1.54) is 25.0 Å². The Kier molecular flexibility index (Phi) is 3.06. The zero-order chi connectivity index (χ0) is 10.8. The number of carbonyl (C=O) groups excluding carboxylic acids is 1. The Balaban J connectivity index is 2.06. The predicted octanol–water partition coefficient (Wildman–Crippen LogP) is 3.85. The van der Waals surface area contributed by atoms with Crippen LogP contribution >= 0.6 is 11.6 Å². The molecule has 0 saturated heterocycles. The van der Waals surface area contributed by atoms with Gasteiger partial charge in [-0.1, -0.05) is 30.5 Å². The summed E-state index contributed by atoms with van der Waals surface area (Å²) in [5.74, 6) is -0.0296. The summed E-state index contributed by atoms with van der Waals surface area (Å²) in [6.45, 7) is 0. The van der Waals surface area contributed by atoms with E-state index in [9.17, 15) is 9.18 Å². The van der Waals surface area contributed by atoms with Gasteiger partial charge in [-0.15, -0.1) is 0 Å². The first-order valence-corrected chi connectivity index (χ1v) is 5.53. The van der Waals surface area contributed by atoms with Crippen molar-refractivity contribution in [2.45, 2.75) is 25.7 Å². The van der Waals surface area contributed by atoms with Crippen molar-refractivity contribution in [3.05, 3.63) is 34.6 Å². The first kappa shape index (κ1) is 10.6. The zero-order valence-corrected chi connectivity index (χ0v) is 9.06. The lowest BCUT2D eigenvalue weighted by molar-refractivity contribution is 0.0974. The largest absolute Gasteiger partial charge is 0.294 e. The summed E-state index contributed by atoms with van der Waals surface area (Å²) < 4.78 is 13.4. The van der Waals surface area contributed by atoms with Crippen molar-refractivity contribution in [1.29, 1.82) is 0 Å². The predicted molar refractivity (Wildman–Crippen MR) is 57.7 cm³/mol. The highest BCUT2D eigenvalue weighted by atomic mass is 35.5. The maximum absolute atomic E-state index is 13.4. The lowest BCUT2D eigenvalue weighted by Gasteiger charge is -2.03. The van der Waals surface area contributed by atoms with Crippen molar-refractivity contribution < 1.29 is 9.18 Å². The SMILES string of the molecule is O=C(CCC1CC1)c1cccc(Cl)c1F. The summed E-state index contributed by atoms with van der Waals surface area (Å²) in [6.07, 6.45) is 3.74. The van der Waals surface area contributed by atoms with Gasteiger partial charge < -0.3 is 0 Å². The molecule has 1 aromatic rings. The number of Topliss-reactive ketones (excluding diaryl/α,β-unsaturated/α-hetero) is 1. The Morgan fingerprint density at radius 1 is 1.47 bits per heavy atom. The van der Waals surface area contributed by atoms with E-state index in [-0.39, 0.29) is 16.4 Å². The third-order valence-electron chi connectivity index (χ3n) is 2.73. The van der Waals surface area contributed by atoms with Crippen LogP contribution in [0.2, 0.25) is 5.02 Å². The molecule has 0 radical (unpaired) electrons. The van der Waals surface area contributed by atoms with Gasteiger partial charge in [-0.05, 0) is 24.5 Å². The minimum atomic E-state index is -0.583. The first-order valence-electron chi connectivity index (χ1n) is 5.15. The first-order chi connectivity index (χ1) is 7.18. The third kappa shape index (κ3) is 2.57. The fourth-order valence-electron chi connectivity index (χ4n) is 1.60. The van der Waals surface area contributed by atoms with E-state index in [0.29, 0.717) is 12.3 Å². The molecule has 80 valence electrons. The van der Waals surface area contributed by atoms with E-state index in [2.05, 4.69) is 0 Å². The maximum atomic E-state index is 13.4. The Morgan fingerprint density at radius 2 is 2.20 bits per heavy atom. The van der Waals surface area contributed by atoms with E-state index in [0.717, 1.165) is 6.42 Å². The second kappa shape index (κ2) is 4.31. The van der Waals surface area contributed by atoms with Crippen LogP contribution in [-0.4, -0.2) is 5.78 Å². The van der Waals surface area contributed by atoms with Crippen LogP contribution < -0.4 is 0 Å².